The third-order valence-electron chi connectivity index (χ3n) is 4.25. The van der Waals surface area contributed by atoms with E-state index in [0.717, 1.165) is 12.1 Å². The quantitative estimate of drug-likeness (QED) is 0.708. The molecule has 7 heteroatoms. The van der Waals surface area contributed by atoms with E-state index < -0.39 is 17.3 Å². The number of Topliss-reactive ketones (excluding diaryl/α,β-unsaturated/α-hetero) is 1. The number of piperidine rings is 1. The number of halogens is 3. The maximum atomic E-state index is 12.8. The molecule has 0 radical (unpaired) electrons. The minimum atomic E-state index is -4.46. The average molecular weight is 371 g/mol. The smallest absolute Gasteiger partial charge is 0.416 e. The Morgan fingerprint density at radius 3 is 2.31 bits per heavy atom. The van der Waals surface area contributed by atoms with Crippen molar-refractivity contribution in [3.8, 4) is 0 Å². The predicted octanol–water partition coefficient (Wildman–Crippen LogP) is 4.93. The van der Waals surface area contributed by atoms with Crippen LogP contribution >= 0.6 is 0 Å². The van der Waals surface area contributed by atoms with E-state index in [0.29, 0.717) is 25.9 Å². The highest BCUT2D eigenvalue weighted by Gasteiger charge is 2.32. The molecule has 1 aromatic rings. The van der Waals surface area contributed by atoms with Crippen LogP contribution in [-0.2, 0) is 10.9 Å². The molecular weight excluding hydrogens is 347 g/mol. The molecule has 1 fully saturated rings. The molecule has 0 unspecified atom stereocenters. The topological polar surface area (TPSA) is 46.6 Å². The Bertz CT molecular complexity index is 657. The molecule has 0 atom stereocenters. The first-order valence-corrected chi connectivity index (χ1v) is 8.64. The molecule has 1 amide bonds. The summed E-state index contributed by atoms with van der Waals surface area (Å²) < 4.78 is 43.6. The van der Waals surface area contributed by atoms with Crippen molar-refractivity contribution >= 4 is 11.9 Å². The SMILES string of the molecule is CC(C)(C)OC(=O)N1CCC(CC(=O)c2cccc(C(F)(F)F)c2)CC1. The Hall–Kier alpha value is -2.05. The van der Waals surface area contributed by atoms with E-state index in [9.17, 15) is 22.8 Å². The molecule has 1 aliphatic heterocycles. The molecule has 1 aliphatic rings. The zero-order valence-electron chi connectivity index (χ0n) is 15.2. The number of alkyl halides is 3. The van der Waals surface area contributed by atoms with Gasteiger partial charge >= 0.3 is 12.3 Å². The lowest BCUT2D eigenvalue weighted by Gasteiger charge is -2.33. The second kappa shape index (κ2) is 7.68. The first-order valence-electron chi connectivity index (χ1n) is 8.64. The van der Waals surface area contributed by atoms with Crippen LogP contribution in [0, 0.1) is 5.92 Å². The lowest BCUT2D eigenvalue weighted by Crippen LogP contribution is -2.42. The van der Waals surface area contributed by atoms with Gasteiger partial charge in [0, 0.05) is 25.1 Å². The van der Waals surface area contributed by atoms with E-state index in [1.807, 2.05) is 0 Å². The van der Waals surface area contributed by atoms with Crippen LogP contribution in [0.15, 0.2) is 24.3 Å². The van der Waals surface area contributed by atoms with Crippen molar-refractivity contribution in [2.24, 2.45) is 5.92 Å². The standard InChI is InChI=1S/C19H24F3NO3/c1-18(2,3)26-17(25)23-9-7-13(8-10-23)11-16(24)14-5-4-6-15(12-14)19(20,21)22/h4-6,12-13H,7-11H2,1-3H3. The van der Waals surface area contributed by atoms with Gasteiger partial charge in [0.2, 0.25) is 0 Å². The lowest BCUT2D eigenvalue weighted by atomic mass is 9.89. The summed E-state index contributed by atoms with van der Waals surface area (Å²) in [5, 5.41) is 0. The average Bonchev–Trinajstić information content (AvgIpc) is 2.53. The lowest BCUT2D eigenvalue weighted by molar-refractivity contribution is -0.137. The molecule has 1 saturated heterocycles. The molecule has 0 N–H and O–H groups in total. The van der Waals surface area contributed by atoms with E-state index in [4.69, 9.17) is 4.74 Å². The maximum absolute atomic E-state index is 12.8. The van der Waals surface area contributed by atoms with Gasteiger partial charge in [-0.25, -0.2) is 4.79 Å². The monoisotopic (exact) mass is 371 g/mol. The van der Waals surface area contributed by atoms with E-state index in [1.54, 1.807) is 25.7 Å². The van der Waals surface area contributed by atoms with Crippen molar-refractivity contribution in [1.29, 1.82) is 0 Å². The van der Waals surface area contributed by atoms with Gasteiger partial charge < -0.3 is 9.64 Å². The zero-order valence-corrected chi connectivity index (χ0v) is 15.2. The van der Waals surface area contributed by atoms with Crippen molar-refractivity contribution in [3.63, 3.8) is 0 Å². The van der Waals surface area contributed by atoms with Gasteiger partial charge in [0.25, 0.3) is 0 Å². The van der Waals surface area contributed by atoms with Crippen LogP contribution < -0.4 is 0 Å². The van der Waals surface area contributed by atoms with Gasteiger partial charge in [-0.2, -0.15) is 13.2 Å². The van der Waals surface area contributed by atoms with Crippen LogP contribution in [0.2, 0.25) is 0 Å². The van der Waals surface area contributed by atoms with Gasteiger partial charge in [0.05, 0.1) is 5.56 Å². The largest absolute Gasteiger partial charge is 0.444 e. The van der Waals surface area contributed by atoms with Gasteiger partial charge in [-0.15, -0.1) is 0 Å². The van der Waals surface area contributed by atoms with Gasteiger partial charge in [-0.05, 0) is 51.7 Å². The number of carbonyl (C=O) groups excluding carboxylic acids is 2. The summed E-state index contributed by atoms with van der Waals surface area (Å²) in [7, 11) is 0. The van der Waals surface area contributed by atoms with Crippen LogP contribution in [0.1, 0.15) is 56.0 Å². The van der Waals surface area contributed by atoms with Crippen molar-refractivity contribution in [3.05, 3.63) is 35.4 Å². The normalized spacial score (nSPS) is 16.5. The van der Waals surface area contributed by atoms with Crippen molar-refractivity contribution in [2.45, 2.75) is 51.8 Å². The van der Waals surface area contributed by atoms with Crippen molar-refractivity contribution in [2.75, 3.05) is 13.1 Å². The van der Waals surface area contributed by atoms with E-state index in [2.05, 4.69) is 0 Å². The molecule has 26 heavy (non-hydrogen) atoms. The molecule has 0 aromatic heterocycles. The second-order valence-electron chi connectivity index (χ2n) is 7.62. The summed E-state index contributed by atoms with van der Waals surface area (Å²) >= 11 is 0. The molecule has 0 bridgehead atoms. The molecule has 0 saturated carbocycles. The highest BCUT2D eigenvalue weighted by molar-refractivity contribution is 5.96. The van der Waals surface area contributed by atoms with Gasteiger partial charge in [-0.1, -0.05) is 12.1 Å². The first kappa shape index (κ1) is 20.3. The van der Waals surface area contributed by atoms with Crippen molar-refractivity contribution in [1.82, 2.24) is 4.90 Å². The third-order valence-corrected chi connectivity index (χ3v) is 4.25. The number of rotatable bonds is 3. The Morgan fingerprint density at radius 2 is 1.77 bits per heavy atom. The Kier molecular flexibility index (Phi) is 5.98. The van der Waals surface area contributed by atoms with E-state index in [1.165, 1.54) is 12.1 Å². The predicted molar refractivity (Wildman–Crippen MR) is 90.9 cm³/mol. The molecule has 4 nitrogen and oxygen atoms in total. The van der Waals surface area contributed by atoms with Gasteiger partial charge in [0.15, 0.2) is 5.78 Å². The third kappa shape index (κ3) is 5.75. The summed E-state index contributed by atoms with van der Waals surface area (Å²) in [6, 6.07) is 4.52. The van der Waals surface area contributed by atoms with Crippen LogP contribution in [0.5, 0.6) is 0 Å². The van der Waals surface area contributed by atoms with E-state index in [-0.39, 0.29) is 29.8 Å². The second-order valence-corrected chi connectivity index (χ2v) is 7.62. The summed E-state index contributed by atoms with van der Waals surface area (Å²) in [6.07, 6.45) is -3.40. The number of nitrogens with zero attached hydrogens (tertiary/aromatic N) is 1. The zero-order chi connectivity index (χ0) is 19.5. The Balaban J connectivity index is 1.90. The fraction of sp³-hybridized carbons (Fsp3) is 0.579. The molecule has 1 aromatic carbocycles. The summed E-state index contributed by atoms with van der Waals surface area (Å²) in [4.78, 5) is 26.0. The van der Waals surface area contributed by atoms with E-state index >= 15 is 0 Å². The number of hydrogen-bond donors (Lipinski definition) is 0. The van der Waals surface area contributed by atoms with Crippen LogP contribution in [-0.4, -0.2) is 35.5 Å². The fourth-order valence-corrected chi connectivity index (χ4v) is 2.90. The van der Waals surface area contributed by atoms with Crippen LogP contribution in [0.4, 0.5) is 18.0 Å². The van der Waals surface area contributed by atoms with Gasteiger partial charge in [-0.3, -0.25) is 4.79 Å². The van der Waals surface area contributed by atoms with Crippen LogP contribution in [0.25, 0.3) is 0 Å². The highest BCUT2D eigenvalue weighted by Crippen LogP contribution is 2.30. The molecule has 2 rings (SSSR count). The summed E-state index contributed by atoms with van der Waals surface area (Å²) in [5.41, 5.74) is -1.30. The molecule has 1 heterocycles. The summed E-state index contributed by atoms with van der Waals surface area (Å²) in [5.74, 6) is -0.248. The maximum Gasteiger partial charge on any atom is 0.416 e. The summed E-state index contributed by atoms with van der Waals surface area (Å²) in [6.45, 7) is 6.35. The van der Waals surface area contributed by atoms with Crippen molar-refractivity contribution < 1.29 is 27.5 Å². The molecule has 0 aliphatic carbocycles. The first-order chi connectivity index (χ1) is 12.0. The Morgan fingerprint density at radius 1 is 1.15 bits per heavy atom. The fourth-order valence-electron chi connectivity index (χ4n) is 2.90. The molecular formula is C19H24F3NO3. The number of ether oxygens (including phenoxy) is 1. The van der Waals surface area contributed by atoms with Gasteiger partial charge in [0.1, 0.15) is 5.60 Å². The minimum Gasteiger partial charge on any atom is -0.444 e. The number of amides is 1. The number of likely N-dealkylation sites (tertiary alicyclic amines) is 1. The number of ketones is 1. The molecule has 144 valence electrons. The minimum absolute atomic E-state index is 0.0516. The number of hydrogen-bond acceptors (Lipinski definition) is 3. The Labute approximate surface area is 151 Å². The number of carbonyl (C=O) groups is 2. The van der Waals surface area contributed by atoms with Crippen LogP contribution in [0.3, 0.4) is 0 Å². The molecule has 0 spiro atoms. The number of benzene rings is 1. The highest BCUT2D eigenvalue weighted by atomic mass is 19.4.